The summed E-state index contributed by atoms with van der Waals surface area (Å²) in [7, 11) is 0. The van der Waals surface area contributed by atoms with Gasteiger partial charge in [-0.2, -0.15) is 0 Å². The molecule has 98 valence electrons. The van der Waals surface area contributed by atoms with Gasteiger partial charge in [0.2, 0.25) is 0 Å². The summed E-state index contributed by atoms with van der Waals surface area (Å²) >= 11 is 5.30. The van der Waals surface area contributed by atoms with Crippen LogP contribution in [0.25, 0.3) is 0 Å². The van der Waals surface area contributed by atoms with Gasteiger partial charge in [0.25, 0.3) is 0 Å². The summed E-state index contributed by atoms with van der Waals surface area (Å²) in [6.07, 6.45) is 0. The SMILES string of the molecule is Cc1cccc(NC(=S)NCc2ccccc2C)c1. The summed E-state index contributed by atoms with van der Waals surface area (Å²) in [6.45, 7) is 4.91. The second-order valence-electron chi connectivity index (χ2n) is 4.60. The smallest absolute Gasteiger partial charge is 0.171 e. The van der Waals surface area contributed by atoms with Gasteiger partial charge in [-0.1, -0.05) is 36.4 Å². The summed E-state index contributed by atoms with van der Waals surface area (Å²) in [5.41, 5.74) is 4.76. The third-order valence-electron chi connectivity index (χ3n) is 2.98. The van der Waals surface area contributed by atoms with Crippen molar-refractivity contribution in [1.82, 2.24) is 5.32 Å². The number of anilines is 1. The second-order valence-corrected chi connectivity index (χ2v) is 5.01. The largest absolute Gasteiger partial charge is 0.358 e. The monoisotopic (exact) mass is 270 g/mol. The van der Waals surface area contributed by atoms with Gasteiger partial charge in [0.05, 0.1) is 0 Å². The normalized spacial score (nSPS) is 10.0. The molecule has 0 saturated carbocycles. The summed E-state index contributed by atoms with van der Waals surface area (Å²) in [4.78, 5) is 0. The van der Waals surface area contributed by atoms with E-state index in [2.05, 4.69) is 48.7 Å². The van der Waals surface area contributed by atoms with Crippen LogP contribution in [0.2, 0.25) is 0 Å². The summed E-state index contributed by atoms with van der Waals surface area (Å²) in [5.74, 6) is 0. The number of benzene rings is 2. The molecule has 19 heavy (non-hydrogen) atoms. The Morgan fingerprint density at radius 1 is 1.05 bits per heavy atom. The maximum Gasteiger partial charge on any atom is 0.171 e. The van der Waals surface area contributed by atoms with Crippen molar-refractivity contribution in [2.24, 2.45) is 0 Å². The van der Waals surface area contributed by atoms with Crippen LogP contribution < -0.4 is 10.6 Å². The molecule has 0 heterocycles. The fourth-order valence-electron chi connectivity index (χ4n) is 1.88. The molecule has 0 radical (unpaired) electrons. The van der Waals surface area contributed by atoms with Crippen molar-refractivity contribution < 1.29 is 0 Å². The van der Waals surface area contributed by atoms with E-state index in [0.717, 1.165) is 12.2 Å². The number of hydrogen-bond acceptors (Lipinski definition) is 1. The van der Waals surface area contributed by atoms with Crippen LogP contribution in [-0.4, -0.2) is 5.11 Å². The van der Waals surface area contributed by atoms with Crippen LogP contribution in [0.1, 0.15) is 16.7 Å². The molecule has 2 rings (SSSR count). The van der Waals surface area contributed by atoms with Crippen molar-refractivity contribution in [2.75, 3.05) is 5.32 Å². The molecule has 2 N–H and O–H groups in total. The van der Waals surface area contributed by atoms with Crippen molar-refractivity contribution in [3.05, 3.63) is 65.2 Å². The third-order valence-corrected chi connectivity index (χ3v) is 3.22. The van der Waals surface area contributed by atoms with Crippen LogP contribution in [0, 0.1) is 13.8 Å². The van der Waals surface area contributed by atoms with Gasteiger partial charge in [0, 0.05) is 12.2 Å². The fourth-order valence-corrected chi connectivity index (χ4v) is 2.07. The minimum absolute atomic E-state index is 0.647. The average molecular weight is 270 g/mol. The Kier molecular flexibility index (Phi) is 4.53. The van der Waals surface area contributed by atoms with Crippen molar-refractivity contribution in [1.29, 1.82) is 0 Å². The number of thiocarbonyl (C=S) groups is 1. The summed E-state index contributed by atoms with van der Waals surface area (Å²) in [5, 5.41) is 7.07. The average Bonchev–Trinajstić information content (AvgIpc) is 2.38. The zero-order valence-corrected chi connectivity index (χ0v) is 12.1. The Morgan fingerprint density at radius 2 is 1.84 bits per heavy atom. The first kappa shape index (κ1) is 13.6. The molecular weight excluding hydrogens is 252 g/mol. The Balaban J connectivity index is 1.90. The first-order valence-corrected chi connectivity index (χ1v) is 6.72. The Hall–Kier alpha value is -1.87. The number of aryl methyl sites for hydroxylation is 2. The van der Waals surface area contributed by atoms with Crippen LogP contribution in [0.15, 0.2) is 48.5 Å². The van der Waals surface area contributed by atoms with E-state index in [1.54, 1.807) is 0 Å². The van der Waals surface area contributed by atoms with Crippen molar-refractivity contribution >= 4 is 23.0 Å². The van der Waals surface area contributed by atoms with Gasteiger partial charge in [-0.15, -0.1) is 0 Å². The highest BCUT2D eigenvalue weighted by Crippen LogP contribution is 2.10. The quantitative estimate of drug-likeness (QED) is 0.830. The van der Waals surface area contributed by atoms with Crippen LogP contribution in [-0.2, 0) is 6.54 Å². The lowest BCUT2D eigenvalue weighted by molar-refractivity contribution is 0.915. The van der Waals surface area contributed by atoms with E-state index >= 15 is 0 Å². The van der Waals surface area contributed by atoms with Gasteiger partial charge in [0.15, 0.2) is 5.11 Å². The van der Waals surface area contributed by atoms with E-state index < -0.39 is 0 Å². The molecule has 0 bridgehead atoms. The first-order valence-electron chi connectivity index (χ1n) is 6.31. The molecule has 0 aliphatic heterocycles. The molecule has 0 unspecified atom stereocenters. The van der Waals surface area contributed by atoms with Gasteiger partial charge < -0.3 is 10.6 Å². The van der Waals surface area contributed by atoms with E-state index in [1.165, 1.54) is 16.7 Å². The standard InChI is InChI=1S/C16H18N2S/c1-12-6-5-9-15(10-12)18-16(19)17-11-14-8-4-3-7-13(14)2/h3-10H,11H2,1-2H3,(H2,17,18,19). The highest BCUT2D eigenvalue weighted by molar-refractivity contribution is 7.80. The summed E-state index contributed by atoms with van der Waals surface area (Å²) < 4.78 is 0. The molecular formula is C16H18N2S. The molecule has 0 spiro atoms. The molecule has 0 atom stereocenters. The Bertz CT molecular complexity index is 578. The minimum atomic E-state index is 0.647. The zero-order valence-electron chi connectivity index (χ0n) is 11.2. The lowest BCUT2D eigenvalue weighted by Crippen LogP contribution is -2.28. The van der Waals surface area contributed by atoms with Crippen molar-refractivity contribution in [3.8, 4) is 0 Å². The van der Waals surface area contributed by atoms with Gasteiger partial charge >= 0.3 is 0 Å². The number of nitrogens with one attached hydrogen (secondary N) is 2. The second kappa shape index (κ2) is 6.34. The van der Waals surface area contributed by atoms with E-state index in [0.29, 0.717) is 5.11 Å². The molecule has 0 aliphatic rings. The van der Waals surface area contributed by atoms with Crippen LogP contribution in [0.4, 0.5) is 5.69 Å². The highest BCUT2D eigenvalue weighted by atomic mass is 32.1. The Morgan fingerprint density at radius 3 is 2.58 bits per heavy atom. The van der Waals surface area contributed by atoms with Gasteiger partial charge in [-0.05, 0) is 54.9 Å². The summed E-state index contributed by atoms with van der Waals surface area (Å²) in [6, 6.07) is 16.5. The van der Waals surface area contributed by atoms with E-state index in [9.17, 15) is 0 Å². The molecule has 0 aromatic heterocycles. The molecule has 0 saturated heterocycles. The Labute approximate surface area is 119 Å². The van der Waals surface area contributed by atoms with Gasteiger partial charge in [-0.3, -0.25) is 0 Å². The van der Waals surface area contributed by atoms with E-state index in [4.69, 9.17) is 12.2 Å². The molecule has 3 heteroatoms. The predicted molar refractivity (Wildman–Crippen MR) is 85.4 cm³/mol. The topological polar surface area (TPSA) is 24.1 Å². The van der Waals surface area contributed by atoms with Crippen molar-refractivity contribution in [2.45, 2.75) is 20.4 Å². The fraction of sp³-hybridized carbons (Fsp3) is 0.188. The minimum Gasteiger partial charge on any atom is -0.358 e. The molecule has 2 aromatic rings. The van der Waals surface area contributed by atoms with Gasteiger partial charge in [-0.25, -0.2) is 0 Å². The van der Waals surface area contributed by atoms with E-state index in [-0.39, 0.29) is 0 Å². The van der Waals surface area contributed by atoms with Crippen LogP contribution >= 0.6 is 12.2 Å². The molecule has 2 nitrogen and oxygen atoms in total. The highest BCUT2D eigenvalue weighted by Gasteiger charge is 2.00. The maximum atomic E-state index is 5.30. The molecule has 0 aliphatic carbocycles. The van der Waals surface area contributed by atoms with E-state index in [1.807, 2.05) is 24.3 Å². The molecule has 0 fully saturated rings. The number of hydrogen-bond donors (Lipinski definition) is 2. The third kappa shape index (κ3) is 4.07. The van der Waals surface area contributed by atoms with Crippen LogP contribution in [0.3, 0.4) is 0 Å². The number of rotatable bonds is 3. The van der Waals surface area contributed by atoms with Gasteiger partial charge in [0.1, 0.15) is 0 Å². The lowest BCUT2D eigenvalue weighted by Gasteiger charge is -2.12. The first-order chi connectivity index (χ1) is 9.15. The maximum absolute atomic E-state index is 5.30. The predicted octanol–water partition coefficient (Wildman–Crippen LogP) is 3.79. The molecule has 2 aromatic carbocycles. The zero-order chi connectivity index (χ0) is 13.7. The van der Waals surface area contributed by atoms with Crippen LogP contribution in [0.5, 0.6) is 0 Å². The van der Waals surface area contributed by atoms with Crippen molar-refractivity contribution in [3.63, 3.8) is 0 Å². The lowest BCUT2D eigenvalue weighted by atomic mass is 10.1. The molecule has 0 amide bonds.